The smallest absolute Gasteiger partial charge is 0.337 e. The molecule has 3 rings (SSSR count). The maximum Gasteiger partial charge on any atom is 0.337 e. The zero-order chi connectivity index (χ0) is 16.3. The molecule has 0 N–H and O–H groups in total. The quantitative estimate of drug-likeness (QED) is 0.389. The van der Waals surface area contributed by atoms with Crippen LogP contribution in [-0.2, 0) is 4.74 Å². The fourth-order valence-electron chi connectivity index (χ4n) is 2.26. The number of benzene rings is 2. The zero-order valence-corrected chi connectivity index (χ0v) is 13.5. The number of nitro benzene ring substituents is 1. The Morgan fingerprint density at radius 1 is 1.09 bits per heavy atom. The molecule has 22 heavy (non-hydrogen) atoms. The number of nitrogens with zero attached hydrogens (tertiary/aromatic N) is 1. The molecule has 114 valence electrons. The molecule has 3 aromatic rings. The standard InChI is InChI=1S/C14H10NO4P.C2H6/c1-19-14(16)8-2-4-10-11-5-3-9(15(17)18)7-13(11)20-12(10)6-8;1-2/h2-7,20H,1H3;1-2H3. The van der Waals surface area contributed by atoms with Gasteiger partial charge in [-0.1, -0.05) is 19.9 Å². The van der Waals surface area contributed by atoms with Crippen molar-refractivity contribution in [2.45, 2.75) is 13.8 Å². The Kier molecular flexibility index (Phi) is 4.78. The van der Waals surface area contributed by atoms with Gasteiger partial charge in [-0.2, -0.15) is 0 Å². The molecule has 0 aliphatic carbocycles. The third kappa shape index (κ3) is 2.81. The van der Waals surface area contributed by atoms with Gasteiger partial charge < -0.3 is 4.74 Å². The molecule has 5 nitrogen and oxygen atoms in total. The summed E-state index contributed by atoms with van der Waals surface area (Å²) in [5.41, 5.74) is 0.596. The summed E-state index contributed by atoms with van der Waals surface area (Å²) in [4.78, 5) is 21.9. The van der Waals surface area contributed by atoms with Gasteiger partial charge in [-0.05, 0) is 29.0 Å². The predicted molar refractivity (Wildman–Crippen MR) is 90.3 cm³/mol. The number of carbonyl (C=O) groups is 1. The maximum atomic E-state index is 11.5. The lowest BCUT2D eigenvalue weighted by molar-refractivity contribution is -0.384. The number of non-ortho nitro benzene ring substituents is 1. The van der Waals surface area contributed by atoms with Crippen LogP contribution in [0.5, 0.6) is 0 Å². The fourth-order valence-corrected chi connectivity index (χ4v) is 3.70. The lowest BCUT2D eigenvalue weighted by Crippen LogP contribution is -1.99. The lowest BCUT2D eigenvalue weighted by atomic mass is 10.1. The van der Waals surface area contributed by atoms with Gasteiger partial charge in [0.05, 0.1) is 17.6 Å². The number of fused-ring (bicyclic) bond motifs is 3. The second-order valence-electron chi connectivity index (χ2n) is 4.36. The van der Waals surface area contributed by atoms with E-state index in [2.05, 4.69) is 0 Å². The highest BCUT2D eigenvalue weighted by Crippen LogP contribution is 2.39. The summed E-state index contributed by atoms with van der Waals surface area (Å²) in [5.74, 6) is -0.375. The second-order valence-corrected chi connectivity index (χ2v) is 5.69. The van der Waals surface area contributed by atoms with Crippen molar-refractivity contribution in [3.63, 3.8) is 0 Å². The Hall–Kier alpha value is -2.39. The molecule has 0 radical (unpaired) electrons. The summed E-state index contributed by atoms with van der Waals surface area (Å²) in [6, 6.07) is 10.3. The van der Waals surface area contributed by atoms with Gasteiger partial charge in [0.2, 0.25) is 0 Å². The Labute approximate surface area is 129 Å². The van der Waals surface area contributed by atoms with E-state index in [1.807, 2.05) is 19.9 Å². The first kappa shape index (κ1) is 16.0. The van der Waals surface area contributed by atoms with Crippen molar-refractivity contribution in [3.8, 4) is 0 Å². The first-order valence-electron chi connectivity index (χ1n) is 6.88. The van der Waals surface area contributed by atoms with Crippen LogP contribution in [0.15, 0.2) is 36.4 Å². The van der Waals surface area contributed by atoms with E-state index in [1.54, 1.807) is 24.3 Å². The Morgan fingerprint density at radius 2 is 1.68 bits per heavy atom. The molecule has 0 aliphatic heterocycles. The summed E-state index contributed by atoms with van der Waals surface area (Å²) in [6.07, 6.45) is 0. The van der Waals surface area contributed by atoms with E-state index in [9.17, 15) is 14.9 Å². The molecule has 0 bridgehead atoms. The summed E-state index contributed by atoms with van der Waals surface area (Å²) in [7, 11) is 1.66. The van der Waals surface area contributed by atoms with Crippen LogP contribution in [0.2, 0.25) is 0 Å². The van der Waals surface area contributed by atoms with E-state index in [4.69, 9.17) is 4.74 Å². The van der Waals surface area contributed by atoms with Gasteiger partial charge >= 0.3 is 5.97 Å². The molecule has 1 unspecified atom stereocenters. The van der Waals surface area contributed by atoms with Gasteiger partial charge in [-0.25, -0.2) is 4.79 Å². The molecular weight excluding hydrogens is 301 g/mol. The lowest BCUT2D eigenvalue weighted by Gasteiger charge is -1.99. The number of methoxy groups -OCH3 is 1. The highest BCUT2D eigenvalue weighted by atomic mass is 31.0. The number of hydrogen-bond donors (Lipinski definition) is 0. The Balaban J connectivity index is 0.000000847. The average molecular weight is 317 g/mol. The first-order valence-corrected chi connectivity index (χ1v) is 7.88. The van der Waals surface area contributed by atoms with Crippen LogP contribution in [-0.4, -0.2) is 18.0 Å². The van der Waals surface area contributed by atoms with Crippen LogP contribution in [0, 0.1) is 10.1 Å². The average Bonchev–Trinajstić information content (AvgIpc) is 2.92. The molecule has 0 spiro atoms. The number of carbonyl (C=O) groups excluding carboxylic acids is 1. The van der Waals surface area contributed by atoms with Crippen LogP contribution in [0.3, 0.4) is 0 Å². The summed E-state index contributed by atoms with van der Waals surface area (Å²) < 4.78 is 4.70. The number of nitro groups is 1. The van der Waals surface area contributed by atoms with E-state index in [0.717, 1.165) is 21.0 Å². The number of ether oxygens (including phenoxy) is 1. The molecular formula is C16H16NO4P. The molecule has 0 saturated carbocycles. The molecule has 0 amide bonds. The summed E-state index contributed by atoms with van der Waals surface area (Å²) >= 11 is 0. The van der Waals surface area contributed by atoms with Crippen molar-refractivity contribution in [1.82, 2.24) is 0 Å². The summed E-state index contributed by atoms with van der Waals surface area (Å²) in [6.45, 7) is 4.00. The fraction of sp³-hybridized carbons (Fsp3) is 0.188. The molecule has 0 aliphatic rings. The molecule has 2 aromatic carbocycles. The van der Waals surface area contributed by atoms with E-state index < -0.39 is 4.92 Å². The third-order valence-electron chi connectivity index (χ3n) is 3.21. The number of rotatable bonds is 2. The van der Waals surface area contributed by atoms with Gasteiger partial charge in [-0.15, -0.1) is 8.19 Å². The van der Waals surface area contributed by atoms with Crippen molar-refractivity contribution >= 4 is 40.9 Å². The second kappa shape index (κ2) is 6.58. The third-order valence-corrected chi connectivity index (χ3v) is 4.58. The van der Waals surface area contributed by atoms with E-state index in [0.29, 0.717) is 13.8 Å². The Bertz CT molecular complexity index is 854. The highest BCUT2D eigenvalue weighted by molar-refractivity contribution is 7.43. The van der Waals surface area contributed by atoms with Crippen molar-refractivity contribution in [1.29, 1.82) is 0 Å². The maximum absolute atomic E-state index is 11.5. The van der Waals surface area contributed by atoms with E-state index in [1.165, 1.54) is 13.2 Å². The minimum absolute atomic E-state index is 0.0947. The SMILES string of the molecule is CC.COC(=O)c1ccc2c(c1)[pH]c1cc([N+](=O)[O-])ccc12. The van der Waals surface area contributed by atoms with Crippen LogP contribution < -0.4 is 0 Å². The summed E-state index contributed by atoms with van der Waals surface area (Å²) in [5, 5.41) is 14.8. The van der Waals surface area contributed by atoms with Gasteiger partial charge in [0.1, 0.15) is 0 Å². The van der Waals surface area contributed by atoms with Gasteiger partial charge in [-0.3, -0.25) is 10.1 Å². The number of hydrogen-bond acceptors (Lipinski definition) is 4. The largest absolute Gasteiger partial charge is 0.465 e. The van der Waals surface area contributed by atoms with E-state index in [-0.39, 0.29) is 11.7 Å². The minimum atomic E-state index is -0.395. The van der Waals surface area contributed by atoms with Crippen LogP contribution in [0.1, 0.15) is 24.2 Å². The number of esters is 1. The van der Waals surface area contributed by atoms with Gasteiger partial charge in [0, 0.05) is 22.4 Å². The van der Waals surface area contributed by atoms with Gasteiger partial charge in [0.25, 0.3) is 5.69 Å². The molecule has 1 atom stereocenters. The molecule has 0 fully saturated rings. The van der Waals surface area contributed by atoms with Crippen LogP contribution in [0.25, 0.3) is 21.0 Å². The minimum Gasteiger partial charge on any atom is -0.465 e. The zero-order valence-electron chi connectivity index (χ0n) is 12.5. The van der Waals surface area contributed by atoms with Gasteiger partial charge in [0.15, 0.2) is 0 Å². The molecule has 1 heterocycles. The molecule has 1 aromatic heterocycles. The van der Waals surface area contributed by atoms with Crippen molar-refractivity contribution in [3.05, 3.63) is 52.1 Å². The van der Waals surface area contributed by atoms with Crippen LogP contribution in [0.4, 0.5) is 5.69 Å². The monoisotopic (exact) mass is 317 g/mol. The normalized spacial score (nSPS) is 10.5. The van der Waals surface area contributed by atoms with Crippen LogP contribution >= 0.6 is 8.19 Å². The van der Waals surface area contributed by atoms with Crippen molar-refractivity contribution in [2.24, 2.45) is 0 Å². The molecule has 6 heteroatoms. The van der Waals surface area contributed by atoms with Crippen molar-refractivity contribution in [2.75, 3.05) is 7.11 Å². The van der Waals surface area contributed by atoms with E-state index >= 15 is 0 Å². The predicted octanol–water partition coefficient (Wildman–Crippen LogP) is 4.75. The van der Waals surface area contributed by atoms with Crippen molar-refractivity contribution < 1.29 is 14.5 Å². The Morgan fingerprint density at radius 3 is 2.27 bits per heavy atom. The highest BCUT2D eigenvalue weighted by Gasteiger charge is 2.12. The topological polar surface area (TPSA) is 69.4 Å². The molecule has 0 saturated heterocycles. The first-order chi connectivity index (χ1) is 10.6.